The zero-order valence-electron chi connectivity index (χ0n) is 18.3. The molecule has 0 aliphatic heterocycles. The van der Waals surface area contributed by atoms with Crippen LogP contribution >= 0.6 is 0 Å². The van der Waals surface area contributed by atoms with Crippen LogP contribution in [-0.4, -0.2) is 24.9 Å². The molecule has 0 saturated heterocycles. The van der Waals surface area contributed by atoms with E-state index in [9.17, 15) is 9.59 Å². The first-order chi connectivity index (χ1) is 14.9. The van der Waals surface area contributed by atoms with Crippen LogP contribution in [0, 0.1) is 20.8 Å². The molecular weight excluding hydrogens is 386 g/mol. The van der Waals surface area contributed by atoms with Gasteiger partial charge in [0.1, 0.15) is 6.04 Å². The quantitative estimate of drug-likeness (QED) is 0.528. The third-order valence-corrected chi connectivity index (χ3v) is 5.33. The number of hydrogen-bond donors (Lipinski definition) is 3. The summed E-state index contributed by atoms with van der Waals surface area (Å²) in [5.74, 6) is -0.409. The zero-order chi connectivity index (χ0) is 22.2. The van der Waals surface area contributed by atoms with E-state index in [1.165, 1.54) is 5.56 Å². The van der Waals surface area contributed by atoms with Crippen molar-refractivity contribution in [2.24, 2.45) is 0 Å². The van der Waals surface area contributed by atoms with Crippen LogP contribution in [-0.2, 0) is 9.59 Å². The molecule has 0 aromatic heterocycles. The number of carbonyl (C=O) groups excluding carboxylic acids is 2. The van der Waals surface area contributed by atoms with Gasteiger partial charge < -0.3 is 16.0 Å². The van der Waals surface area contributed by atoms with E-state index in [0.29, 0.717) is 0 Å². The van der Waals surface area contributed by atoms with Crippen LogP contribution in [0.5, 0.6) is 0 Å². The van der Waals surface area contributed by atoms with Crippen molar-refractivity contribution < 1.29 is 14.9 Å². The number of nitrogens with two attached hydrogens (primary N) is 1. The Hall–Kier alpha value is -3.44. The molecule has 1 atom stereocenters. The molecule has 2 amide bonds. The van der Waals surface area contributed by atoms with Gasteiger partial charge in [-0.25, -0.2) is 0 Å². The van der Waals surface area contributed by atoms with Crippen molar-refractivity contribution in [3.8, 4) is 0 Å². The fourth-order valence-corrected chi connectivity index (χ4v) is 3.57. The highest BCUT2D eigenvalue weighted by molar-refractivity contribution is 5.95. The number of para-hydroxylation sites is 1. The van der Waals surface area contributed by atoms with Gasteiger partial charge in [-0.15, -0.1) is 0 Å². The van der Waals surface area contributed by atoms with Gasteiger partial charge in [-0.3, -0.25) is 9.59 Å². The van der Waals surface area contributed by atoms with E-state index in [2.05, 4.69) is 54.0 Å². The largest absolute Gasteiger partial charge is 0.342 e. The number of rotatable bonds is 8. The SMILES string of the molecule is Cc1ccc([C@H]([NH2+]CC(=O)NCC(=O)Nc2c(C)cccc2C)c2ccccc2)cc1. The first-order valence-electron chi connectivity index (χ1n) is 10.5. The third-order valence-electron chi connectivity index (χ3n) is 5.33. The lowest BCUT2D eigenvalue weighted by Crippen LogP contribution is -2.87. The summed E-state index contributed by atoms with van der Waals surface area (Å²) in [5.41, 5.74) is 6.26. The molecule has 0 aliphatic carbocycles. The molecule has 3 rings (SSSR count). The Morgan fingerprint density at radius 3 is 2.03 bits per heavy atom. The number of benzene rings is 3. The van der Waals surface area contributed by atoms with Crippen molar-refractivity contribution in [3.63, 3.8) is 0 Å². The van der Waals surface area contributed by atoms with Gasteiger partial charge in [0, 0.05) is 16.8 Å². The Morgan fingerprint density at radius 1 is 0.774 bits per heavy atom. The molecule has 0 fully saturated rings. The molecule has 0 heterocycles. The van der Waals surface area contributed by atoms with E-state index >= 15 is 0 Å². The lowest BCUT2D eigenvalue weighted by molar-refractivity contribution is -0.676. The number of nitrogens with one attached hydrogen (secondary N) is 2. The van der Waals surface area contributed by atoms with Crippen molar-refractivity contribution in [1.82, 2.24) is 5.32 Å². The number of anilines is 1. The molecule has 3 aromatic rings. The van der Waals surface area contributed by atoms with Crippen molar-refractivity contribution >= 4 is 17.5 Å². The topological polar surface area (TPSA) is 74.8 Å². The van der Waals surface area contributed by atoms with E-state index < -0.39 is 0 Å². The number of aryl methyl sites for hydroxylation is 3. The summed E-state index contributed by atoms with van der Waals surface area (Å²) in [6.07, 6.45) is 0. The van der Waals surface area contributed by atoms with Crippen molar-refractivity contribution in [2.45, 2.75) is 26.8 Å². The fourth-order valence-electron chi connectivity index (χ4n) is 3.57. The van der Waals surface area contributed by atoms with E-state index in [-0.39, 0.29) is 30.9 Å². The molecule has 0 saturated carbocycles. The molecule has 5 nitrogen and oxygen atoms in total. The van der Waals surface area contributed by atoms with E-state index in [0.717, 1.165) is 27.9 Å². The summed E-state index contributed by atoms with van der Waals surface area (Å²) in [6, 6.07) is 24.3. The second-order valence-corrected chi connectivity index (χ2v) is 7.83. The second kappa shape index (κ2) is 10.5. The molecule has 5 heteroatoms. The maximum Gasteiger partial charge on any atom is 0.275 e. The number of amides is 2. The summed E-state index contributed by atoms with van der Waals surface area (Å²) >= 11 is 0. The van der Waals surface area contributed by atoms with Gasteiger partial charge in [0.15, 0.2) is 6.54 Å². The highest BCUT2D eigenvalue weighted by atomic mass is 16.2. The Balaban J connectivity index is 1.57. The van der Waals surface area contributed by atoms with E-state index in [4.69, 9.17) is 0 Å². The zero-order valence-corrected chi connectivity index (χ0v) is 18.3. The Kier molecular flexibility index (Phi) is 7.57. The molecule has 31 heavy (non-hydrogen) atoms. The predicted octanol–water partition coefficient (Wildman–Crippen LogP) is 3.02. The van der Waals surface area contributed by atoms with Crippen molar-refractivity contribution in [1.29, 1.82) is 0 Å². The summed E-state index contributed by atoms with van der Waals surface area (Å²) in [7, 11) is 0. The molecule has 0 bridgehead atoms. The van der Waals surface area contributed by atoms with Gasteiger partial charge in [-0.1, -0.05) is 78.4 Å². The molecule has 4 N–H and O–H groups in total. The Labute approximate surface area is 183 Å². The minimum absolute atomic E-state index is 0.0102. The highest BCUT2D eigenvalue weighted by Gasteiger charge is 2.19. The van der Waals surface area contributed by atoms with Crippen LogP contribution in [0.25, 0.3) is 0 Å². The maximum atomic E-state index is 12.4. The Bertz CT molecular complexity index is 1010. The van der Waals surface area contributed by atoms with Crippen LogP contribution in [0.2, 0.25) is 0 Å². The smallest absolute Gasteiger partial charge is 0.275 e. The average Bonchev–Trinajstić information content (AvgIpc) is 2.77. The molecule has 0 aliphatic rings. The number of hydrogen-bond acceptors (Lipinski definition) is 2. The summed E-state index contributed by atoms with van der Waals surface area (Å²) in [5, 5.41) is 7.62. The normalized spacial score (nSPS) is 11.6. The van der Waals surface area contributed by atoms with Crippen LogP contribution in [0.3, 0.4) is 0 Å². The van der Waals surface area contributed by atoms with Crippen LogP contribution in [0.15, 0.2) is 72.8 Å². The number of quaternary nitrogens is 1. The second-order valence-electron chi connectivity index (χ2n) is 7.83. The van der Waals surface area contributed by atoms with E-state index in [1.54, 1.807) is 0 Å². The van der Waals surface area contributed by atoms with Gasteiger partial charge in [0.05, 0.1) is 6.54 Å². The minimum atomic E-state index is -0.233. The predicted molar refractivity (Wildman–Crippen MR) is 124 cm³/mol. The first kappa shape index (κ1) is 22.2. The van der Waals surface area contributed by atoms with Crippen molar-refractivity contribution in [3.05, 3.63) is 101 Å². The van der Waals surface area contributed by atoms with Crippen LogP contribution < -0.4 is 16.0 Å². The molecule has 160 valence electrons. The molecule has 0 radical (unpaired) electrons. The molecule has 3 aromatic carbocycles. The van der Waals surface area contributed by atoms with Gasteiger partial charge in [-0.2, -0.15) is 0 Å². The van der Waals surface area contributed by atoms with Crippen LogP contribution in [0.1, 0.15) is 33.9 Å². The summed E-state index contributed by atoms with van der Waals surface area (Å²) in [4.78, 5) is 24.7. The Morgan fingerprint density at radius 2 is 1.39 bits per heavy atom. The van der Waals surface area contributed by atoms with Crippen LogP contribution in [0.4, 0.5) is 5.69 Å². The van der Waals surface area contributed by atoms with Gasteiger partial charge >= 0.3 is 0 Å². The highest BCUT2D eigenvalue weighted by Crippen LogP contribution is 2.19. The lowest BCUT2D eigenvalue weighted by atomic mass is 9.98. The fraction of sp³-hybridized carbons (Fsp3) is 0.231. The summed E-state index contributed by atoms with van der Waals surface area (Å²) in [6.45, 7) is 6.13. The van der Waals surface area contributed by atoms with Gasteiger partial charge in [0.25, 0.3) is 5.91 Å². The minimum Gasteiger partial charge on any atom is -0.342 e. The third kappa shape index (κ3) is 6.27. The van der Waals surface area contributed by atoms with Crippen molar-refractivity contribution in [2.75, 3.05) is 18.4 Å². The van der Waals surface area contributed by atoms with Gasteiger partial charge in [-0.05, 0) is 31.9 Å². The standard InChI is InChI=1S/C26H29N3O2/c1-18-12-14-22(15-13-18)26(21-10-5-4-6-11-21)28-16-23(30)27-17-24(31)29-25-19(2)8-7-9-20(25)3/h4-15,26,28H,16-17H2,1-3H3,(H,27,30)(H,29,31)/p+1/t26-/m1/s1. The lowest BCUT2D eigenvalue weighted by Gasteiger charge is -2.17. The maximum absolute atomic E-state index is 12.4. The monoisotopic (exact) mass is 416 g/mol. The molecule has 0 unspecified atom stereocenters. The summed E-state index contributed by atoms with van der Waals surface area (Å²) < 4.78 is 0. The van der Waals surface area contributed by atoms with Gasteiger partial charge in [0.2, 0.25) is 5.91 Å². The average molecular weight is 417 g/mol. The van der Waals surface area contributed by atoms with E-state index in [1.807, 2.05) is 55.6 Å². The molecule has 0 spiro atoms. The molecular formula is C26H30N3O2+. The number of carbonyl (C=O) groups is 2. The first-order valence-corrected chi connectivity index (χ1v) is 10.5.